The summed E-state index contributed by atoms with van der Waals surface area (Å²) in [4.78, 5) is 35.7. The number of aliphatic carboxylic acids is 1. The largest absolute Gasteiger partial charge is 0.480 e. The average molecular weight is 287 g/mol. The van der Waals surface area contributed by atoms with Crippen molar-refractivity contribution in [3.8, 4) is 0 Å². The number of hydrogen-bond donors (Lipinski definition) is 3. The van der Waals surface area contributed by atoms with Crippen LogP contribution in [0.3, 0.4) is 0 Å². The van der Waals surface area contributed by atoms with Gasteiger partial charge in [0.05, 0.1) is 0 Å². The van der Waals surface area contributed by atoms with Gasteiger partial charge in [0.2, 0.25) is 5.91 Å². The van der Waals surface area contributed by atoms with Gasteiger partial charge in [0.1, 0.15) is 6.04 Å². The molecule has 0 aliphatic rings. The fourth-order valence-corrected chi connectivity index (χ4v) is 1.77. The van der Waals surface area contributed by atoms with Gasteiger partial charge in [-0.2, -0.15) is 0 Å². The van der Waals surface area contributed by atoms with Crippen LogP contribution in [0.1, 0.15) is 40.0 Å². The highest BCUT2D eigenvalue weighted by Crippen LogP contribution is 1.97. The molecule has 116 valence electrons. The lowest BCUT2D eigenvalue weighted by atomic mass is 10.2. The van der Waals surface area contributed by atoms with E-state index in [-0.39, 0.29) is 18.9 Å². The first-order valence-corrected chi connectivity index (χ1v) is 7.01. The number of rotatable bonds is 9. The summed E-state index contributed by atoms with van der Waals surface area (Å²) >= 11 is 0. The van der Waals surface area contributed by atoms with Crippen molar-refractivity contribution in [3.63, 3.8) is 0 Å². The zero-order chi connectivity index (χ0) is 15.5. The lowest BCUT2D eigenvalue weighted by Crippen LogP contribution is -2.46. The molecule has 0 aliphatic heterocycles. The summed E-state index contributed by atoms with van der Waals surface area (Å²) in [7, 11) is 0. The first-order valence-electron chi connectivity index (χ1n) is 7.01. The van der Waals surface area contributed by atoms with Crippen molar-refractivity contribution in [1.29, 1.82) is 0 Å². The Hall–Kier alpha value is -1.79. The van der Waals surface area contributed by atoms with Crippen LogP contribution in [0.15, 0.2) is 0 Å². The molecule has 0 aromatic heterocycles. The van der Waals surface area contributed by atoms with Crippen LogP contribution < -0.4 is 10.6 Å². The zero-order valence-corrected chi connectivity index (χ0v) is 12.4. The number of carbonyl (C=O) groups excluding carboxylic acids is 2. The minimum absolute atomic E-state index is 0.0290. The Balaban J connectivity index is 4.04. The van der Waals surface area contributed by atoms with Crippen molar-refractivity contribution in [3.05, 3.63) is 0 Å². The molecule has 0 unspecified atom stereocenters. The first-order chi connectivity index (χ1) is 9.46. The molecule has 0 aromatic rings. The summed E-state index contributed by atoms with van der Waals surface area (Å²) in [6.45, 7) is 7.10. The number of amides is 3. The molecule has 0 saturated carbocycles. The molecule has 0 bridgehead atoms. The monoisotopic (exact) mass is 287 g/mol. The van der Waals surface area contributed by atoms with Gasteiger partial charge < -0.3 is 20.6 Å². The second-order valence-corrected chi connectivity index (χ2v) is 4.40. The van der Waals surface area contributed by atoms with E-state index >= 15 is 0 Å². The van der Waals surface area contributed by atoms with Gasteiger partial charge in [-0.25, -0.2) is 9.59 Å². The Kier molecular flexibility index (Phi) is 9.15. The van der Waals surface area contributed by atoms with E-state index in [0.29, 0.717) is 25.9 Å². The van der Waals surface area contributed by atoms with E-state index in [9.17, 15) is 14.4 Å². The van der Waals surface area contributed by atoms with E-state index in [0.717, 1.165) is 0 Å². The van der Waals surface area contributed by atoms with Gasteiger partial charge in [-0.3, -0.25) is 4.79 Å². The maximum atomic E-state index is 11.7. The van der Waals surface area contributed by atoms with Crippen LogP contribution in [0.4, 0.5) is 4.79 Å². The molecule has 3 amide bonds. The Bertz CT molecular complexity index is 330. The van der Waals surface area contributed by atoms with Crippen LogP contribution >= 0.6 is 0 Å². The molecule has 7 heteroatoms. The lowest BCUT2D eigenvalue weighted by Gasteiger charge is -2.19. The predicted octanol–water partition coefficient (Wildman–Crippen LogP) is 0.797. The molecule has 20 heavy (non-hydrogen) atoms. The van der Waals surface area contributed by atoms with Gasteiger partial charge in [0.15, 0.2) is 0 Å². The van der Waals surface area contributed by atoms with Crippen LogP contribution in [-0.2, 0) is 9.59 Å². The van der Waals surface area contributed by atoms with Crippen LogP contribution in [0, 0.1) is 0 Å². The lowest BCUT2D eigenvalue weighted by molar-refractivity contribution is -0.139. The number of urea groups is 1. The Morgan fingerprint density at radius 1 is 1.15 bits per heavy atom. The molecule has 0 spiro atoms. The van der Waals surface area contributed by atoms with Gasteiger partial charge >= 0.3 is 12.0 Å². The predicted molar refractivity (Wildman–Crippen MR) is 75.4 cm³/mol. The first kappa shape index (κ1) is 18.2. The second-order valence-electron chi connectivity index (χ2n) is 4.40. The van der Waals surface area contributed by atoms with Gasteiger partial charge in [-0.1, -0.05) is 13.3 Å². The summed E-state index contributed by atoms with van der Waals surface area (Å²) in [6, 6.07) is -1.45. The van der Waals surface area contributed by atoms with Gasteiger partial charge in [0, 0.05) is 26.1 Å². The zero-order valence-electron chi connectivity index (χ0n) is 12.4. The molecule has 0 radical (unpaired) electrons. The van der Waals surface area contributed by atoms with Crippen molar-refractivity contribution in [1.82, 2.24) is 15.5 Å². The molecular weight excluding hydrogens is 262 g/mol. The van der Waals surface area contributed by atoms with Crippen molar-refractivity contribution in [2.75, 3.05) is 19.6 Å². The van der Waals surface area contributed by atoms with E-state index in [1.807, 2.05) is 20.8 Å². The molecule has 0 saturated heterocycles. The Labute approximate surface area is 119 Å². The molecule has 1 atom stereocenters. The summed E-state index contributed by atoms with van der Waals surface area (Å²) < 4.78 is 0. The van der Waals surface area contributed by atoms with Crippen molar-refractivity contribution in [2.24, 2.45) is 0 Å². The van der Waals surface area contributed by atoms with Crippen LogP contribution in [0.5, 0.6) is 0 Å². The van der Waals surface area contributed by atoms with Crippen molar-refractivity contribution in [2.45, 2.75) is 46.1 Å². The molecule has 0 aliphatic carbocycles. The number of nitrogens with one attached hydrogen (secondary N) is 2. The molecule has 0 heterocycles. The number of hydrogen-bond acceptors (Lipinski definition) is 3. The minimum Gasteiger partial charge on any atom is -0.480 e. The fraction of sp³-hybridized carbons (Fsp3) is 0.769. The van der Waals surface area contributed by atoms with Crippen LogP contribution in [-0.4, -0.2) is 53.6 Å². The molecule has 0 aromatic carbocycles. The fourth-order valence-electron chi connectivity index (χ4n) is 1.77. The van der Waals surface area contributed by atoms with E-state index in [2.05, 4.69) is 10.6 Å². The molecule has 0 rings (SSSR count). The standard InChI is InChI=1S/C13H25N3O4/c1-4-7-10(12(18)19)15-13(20)14-9-8-11(17)16(5-2)6-3/h10H,4-9H2,1-3H3,(H,18,19)(H2,14,15,20)/t10-/m0/s1. The van der Waals surface area contributed by atoms with E-state index < -0.39 is 18.0 Å². The summed E-state index contributed by atoms with van der Waals surface area (Å²) in [5.41, 5.74) is 0. The highest BCUT2D eigenvalue weighted by molar-refractivity contribution is 5.83. The average Bonchev–Trinajstić information content (AvgIpc) is 2.39. The second kappa shape index (κ2) is 10.1. The number of nitrogens with zero attached hydrogens (tertiary/aromatic N) is 1. The Morgan fingerprint density at radius 2 is 1.75 bits per heavy atom. The third kappa shape index (κ3) is 6.96. The molecular formula is C13H25N3O4. The topological polar surface area (TPSA) is 98.7 Å². The number of carbonyl (C=O) groups is 3. The van der Waals surface area contributed by atoms with E-state index in [1.165, 1.54) is 0 Å². The quantitative estimate of drug-likeness (QED) is 0.584. The molecule has 3 N–H and O–H groups in total. The Morgan fingerprint density at radius 3 is 2.20 bits per heavy atom. The third-order valence-electron chi connectivity index (χ3n) is 2.92. The number of carboxylic acids is 1. The van der Waals surface area contributed by atoms with Crippen LogP contribution in [0.2, 0.25) is 0 Å². The third-order valence-corrected chi connectivity index (χ3v) is 2.92. The number of carboxylic acid groups (broad SMARTS) is 1. The van der Waals surface area contributed by atoms with Gasteiger partial charge in [0.25, 0.3) is 0 Å². The summed E-state index contributed by atoms with van der Waals surface area (Å²) in [6.07, 6.45) is 1.25. The maximum Gasteiger partial charge on any atom is 0.326 e. The van der Waals surface area contributed by atoms with Crippen molar-refractivity contribution < 1.29 is 19.5 Å². The van der Waals surface area contributed by atoms with Crippen LogP contribution in [0.25, 0.3) is 0 Å². The molecule has 7 nitrogen and oxygen atoms in total. The SMILES string of the molecule is CCC[C@H](NC(=O)NCCC(=O)N(CC)CC)C(=O)O. The smallest absolute Gasteiger partial charge is 0.326 e. The normalized spacial score (nSPS) is 11.6. The van der Waals surface area contributed by atoms with E-state index in [4.69, 9.17) is 5.11 Å². The summed E-state index contributed by atoms with van der Waals surface area (Å²) in [5, 5.41) is 13.8. The summed E-state index contributed by atoms with van der Waals surface area (Å²) in [5.74, 6) is -1.08. The van der Waals surface area contributed by atoms with E-state index in [1.54, 1.807) is 4.90 Å². The molecule has 0 fully saturated rings. The minimum atomic E-state index is -1.05. The highest BCUT2D eigenvalue weighted by Gasteiger charge is 2.18. The van der Waals surface area contributed by atoms with Gasteiger partial charge in [-0.05, 0) is 20.3 Å². The van der Waals surface area contributed by atoms with Crippen molar-refractivity contribution >= 4 is 17.9 Å². The highest BCUT2D eigenvalue weighted by atomic mass is 16.4. The van der Waals surface area contributed by atoms with Gasteiger partial charge in [-0.15, -0.1) is 0 Å². The maximum absolute atomic E-state index is 11.7.